The molecule has 0 fully saturated rings. The van der Waals surface area contributed by atoms with Crippen molar-refractivity contribution in [2.45, 2.75) is 33.0 Å². The van der Waals surface area contributed by atoms with Crippen molar-refractivity contribution in [3.05, 3.63) is 29.3 Å². The molecule has 0 aliphatic heterocycles. The zero-order chi connectivity index (χ0) is 14.5. The molecule has 1 aliphatic carbocycles. The molecule has 0 N–H and O–H groups in total. The van der Waals surface area contributed by atoms with E-state index in [1.54, 1.807) is 7.11 Å². The fourth-order valence-electron chi connectivity index (χ4n) is 2.65. The highest BCUT2D eigenvalue weighted by molar-refractivity contribution is 6.00. The van der Waals surface area contributed by atoms with E-state index in [1.807, 2.05) is 32.0 Å². The van der Waals surface area contributed by atoms with E-state index < -0.39 is 6.29 Å². The summed E-state index contributed by atoms with van der Waals surface area (Å²) in [4.78, 5) is 12.6. The van der Waals surface area contributed by atoms with Crippen LogP contribution in [0, 0.1) is 5.92 Å². The second-order valence-corrected chi connectivity index (χ2v) is 4.81. The number of hydrogen-bond acceptors (Lipinski definition) is 4. The molecule has 1 unspecified atom stereocenters. The van der Waals surface area contributed by atoms with Crippen LogP contribution >= 0.6 is 0 Å². The lowest BCUT2D eigenvalue weighted by molar-refractivity contribution is -0.158. The van der Waals surface area contributed by atoms with E-state index in [0.717, 1.165) is 29.7 Å². The van der Waals surface area contributed by atoms with Gasteiger partial charge in [0.1, 0.15) is 5.75 Å². The number of methoxy groups -OCH3 is 1. The van der Waals surface area contributed by atoms with Crippen LogP contribution in [0.5, 0.6) is 5.75 Å². The predicted molar refractivity (Wildman–Crippen MR) is 76.2 cm³/mol. The van der Waals surface area contributed by atoms with E-state index >= 15 is 0 Å². The topological polar surface area (TPSA) is 44.8 Å². The number of benzene rings is 1. The van der Waals surface area contributed by atoms with Crippen LogP contribution < -0.4 is 4.74 Å². The minimum atomic E-state index is -0.437. The first kappa shape index (κ1) is 15.0. The highest BCUT2D eigenvalue weighted by Crippen LogP contribution is 2.31. The van der Waals surface area contributed by atoms with E-state index in [0.29, 0.717) is 13.2 Å². The molecule has 0 spiro atoms. The van der Waals surface area contributed by atoms with Gasteiger partial charge in [-0.05, 0) is 50.5 Å². The summed E-state index contributed by atoms with van der Waals surface area (Å²) in [5.41, 5.74) is 1.82. The molecule has 1 aromatic rings. The van der Waals surface area contributed by atoms with Gasteiger partial charge in [0, 0.05) is 18.8 Å². The number of hydrogen-bond donors (Lipinski definition) is 0. The Morgan fingerprint density at radius 2 is 1.95 bits per heavy atom. The molecule has 0 saturated heterocycles. The SMILES string of the molecule is CCOC(OCC)C1CCc2cc(OC)ccc2C1=O. The number of Topliss-reactive ketones (excluding diaryl/α,β-unsaturated/α-hetero) is 1. The molecule has 0 radical (unpaired) electrons. The Kier molecular flexibility index (Phi) is 5.15. The van der Waals surface area contributed by atoms with Gasteiger partial charge < -0.3 is 14.2 Å². The third-order valence-electron chi connectivity index (χ3n) is 3.63. The van der Waals surface area contributed by atoms with E-state index in [2.05, 4.69) is 0 Å². The van der Waals surface area contributed by atoms with Crippen molar-refractivity contribution >= 4 is 5.78 Å². The minimum Gasteiger partial charge on any atom is -0.497 e. The average Bonchev–Trinajstić information content (AvgIpc) is 2.47. The van der Waals surface area contributed by atoms with Crippen LogP contribution in [0.15, 0.2) is 18.2 Å². The molecule has 0 bridgehead atoms. The summed E-state index contributed by atoms with van der Waals surface area (Å²) < 4.78 is 16.4. The highest BCUT2D eigenvalue weighted by Gasteiger charge is 2.34. The Morgan fingerprint density at radius 3 is 2.55 bits per heavy atom. The van der Waals surface area contributed by atoms with Gasteiger partial charge in [0.2, 0.25) is 0 Å². The molecule has 0 saturated carbocycles. The summed E-state index contributed by atoms with van der Waals surface area (Å²) >= 11 is 0. The number of rotatable bonds is 6. The first-order valence-electron chi connectivity index (χ1n) is 7.15. The number of aryl methyl sites for hydroxylation is 1. The standard InChI is InChI=1S/C16H22O4/c1-4-19-16(20-5-2)14-8-6-11-10-12(18-3)7-9-13(11)15(14)17/h7,9-10,14,16H,4-6,8H2,1-3H3. The van der Waals surface area contributed by atoms with Crippen molar-refractivity contribution in [3.8, 4) is 5.75 Å². The number of ether oxygens (including phenoxy) is 3. The Labute approximate surface area is 120 Å². The zero-order valence-electron chi connectivity index (χ0n) is 12.3. The monoisotopic (exact) mass is 278 g/mol. The van der Waals surface area contributed by atoms with Gasteiger partial charge in [-0.1, -0.05) is 0 Å². The van der Waals surface area contributed by atoms with E-state index in [9.17, 15) is 4.79 Å². The van der Waals surface area contributed by atoms with Crippen molar-refractivity contribution in [1.29, 1.82) is 0 Å². The number of carbonyl (C=O) groups excluding carboxylic acids is 1. The molecule has 0 aromatic heterocycles. The van der Waals surface area contributed by atoms with Crippen molar-refractivity contribution in [1.82, 2.24) is 0 Å². The maximum absolute atomic E-state index is 12.6. The fourth-order valence-corrected chi connectivity index (χ4v) is 2.65. The smallest absolute Gasteiger partial charge is 0.171 e. The lowest BCUT2D eigenvalue weighted by Gasteiger charge is -2.29. The summed E-state index contributed by atoms with van der Waals surface area (Å²) in [6.45, 7) is 4.92. The Morgan fingerprint density at radius 1 is 1.25 bits per heavy atom. The van der Waals surface area contributed by atoms with Crippen LogP contribution in [0.1, 0.15) is 36.2 Å². The van der Waals surface area contributed by atoms with Crippen LogP contribution in [0.3, 0.4) is 0 Å². The lowest BCUT2D eigenvalue weighted by Crippen LogP contribution is -2.36. The highest BCUT2D eigenvalue weighted by atomic mass is 16.7. The molecule has 4 nitrogen and oxygen atoms in total. The first-order chi connectivity index (χ1) is 9.71. The van der Waals surface area contributed by atoms with Crippen molar-refractivity contribution in [3.63, 3.8) is 0 Å². The van der Waals surface area contributed by atoms with Crippen LogP contribution in [0.4, 0.5) is 0 Å². The average molecular weight is 278 g/mol. The molecular weight excluding hydrogens is 256 g/mol. The normalized spacial score (nSPS) is 18.2. The van der Waals surface area contributed by atoms with Crippen molar-refractivity contribution < 1.29 is 19.0 Å². The van der Waals surface area contributed by atoms with Gasteiger partial charge in [0.25, 0.3) is 0 Å². The van der Waals surface area contributed by atoms with E-state index in [-0.39, 0.29) is 11.7 Å². The number of fused-ring (bicyclic) bond motifs is 1. The first-order valence-corrected chi connectivity index (χ1v) is 7.15. The second-order valence-electron chi connectivity index (χ2n) is 4.81. The summed E-state index contributed by atoms with van der Waals surface area (Å²) in [6, 6.07) is 5.62. The van der Waals surface area contributed by atoms with Crippen LogP contribution in [0.2, 0.25) is 0 Å². The largest absolute Gasteiger partial charge is 0.497 e. The molecule has 20 heavy (non-hydrogen) atoms. The zero-order valence-corrected chi connectivity index (χ0v) is 12.3. The summed E-state index contributed by atoms with van der Waals surface area (Å²) in [5, 5.41) is 0. The summed E-state index contributed by atoms with van der Waals surface area (Å²) in [5.74, 6) is 0.692. The molecular formula is C16H22O4. The van der Waals surface area contributed by atoms with Crippen molar-refractivity contribution in [2.75, 3.05) is 20.3 Å². The molecule has 1 atom stereocenters. The molecule has 0 heterocycles. The molecule has 4 heteroatoms. The minimum absolute atomic E-state index is 0.112. The summed E-state index contributed by atoms with van der Waals surface area (Å²) in [6.07, 6.45) is 1.16. The maximum Gasteiger partial charge on any atom is 0.171 e. The Bertz CT molecular complexity index is 464. The molecule has 1 aliphatic rings. The fraction of sp³-hybridized carbons (Fsp3) is 0.562. The van der Waals surface area contributed by atoms with Gasteiger partial charge >= 0.3 is 0 Å². The third kappa shape index (κ3) is 3.02. The van der Waals surface area contributed by atoms with Gasteiger partial charge in [-0.2, -0.15) is 0 Å². The van der Waals surface area contributed by atoms with Gasteiger partial charge in [0.05, 0.1) is 13.0 Å². The van der Waals surface area contributed by atoms with Gasteiger partial charge in [-0.25, -0.2) is 0 Å². The predicted octanol–water partition coefficient (Wildman–Crippen LogP) is 2.84. The number of ketones is 1. The molecule has 1 aromatic carbocycles. The molecule has 0 amide bonds. The van der Waals surface area contributed by atoms with Gasteiger partial charge in [-0.3, -0.25) is 4.79 Å². The van der Waals surface area contributed by atoms with Crippen LogP contribution in [0.25, 0.3) is 0 Å². The number of carbonyl (C=O) groups is 1. The van der Waals surface area contributed by atoms with Crippen molar-refractivity contribution in [2.24, 2.45) is 5.92 Å². The van der Waals surface area contributed by atoms with E-state index in [1.165, 1.54) is 0 Å². The quantitative estimate of drug-likeness (QED) is 0.751. The molecule has 2 rings (SSSR count). The van der Waals surface area contributed by atoms with E-state index in [4.69, 9.17) is 14.2 Å². The Hall–Kier alpha value is -1.39. The summed E-state index contributed by atoms with van der Waals surface area (Å²) in [7, 11) is 1.63. The van der Waals surface area contributed by atoms with Gasteiger partial charge in [-0.15, -0.1) is 0 Å². The van der Waals surface area contributed by atoms with Crippen LogP contribution in [-0.2, 0) is 15.9 Å². The van der Waals surface area contributed by atoms with Crippen LogP contribution in [-0.4, -0.2) is 32.4 Å². The lowest BCUT2D eigenvalue weighted by atomic mass is 9.82. The molecule has 110 valence electrons. The third-order valence-corrected chi connectivity index (χ3v) is 3.63. The second kappa shape index (κ2) is 6.86. The van der Waals surface area contributed by atoms with Gasteiger partial charge in [0.15, 0.2) is 12.1 Å². The maximum atomic E-state index is 12.6. The Balaban J connectivity index is 2.21.